The summed E-state index contributed by atoms with van der Waals surface area (Å²) in [6, 6.07) is 3.61. The molecule has 28 heavy (non-hydrogen) atoms. The van der Waals surface area contributed by atoms with Crippen molar-refractivity contribution < 1.29 is 44.6 Å². The van der Waals surface area contributed by atoms with Crippen LogP contribution in [0, 0.1) is 34.9 Å². The minimum atomic E-state index is -5.61. The van der Waals surface area contributed by atoms with Crippen molar-refractivity contribution in [3.63, 3.8) is 0 Å². The Morgan fingerprint density at radius 3 is 1.75 bits per heavy atom. The van der Waals surface area contributed by atoms with Gasteiger partial charge in [-0.05, 0) is 17.7 Å². The van der Waals surface area contributed by atoms with Crippen molar-refractivity contribution in [2.75, 3.05) is 5.01 Å². The Kier molecular flexibility index (Phi) is 4.57. The fourth-order valence-electron chi connectivity index (χ4n) is 2.58. The molecule has 0 aliphatic carbocycles. The molecule has 1 aliphatic rings. The zero-order valence-electron chi connectivity index (χ0n) is 13.3. The Bertz CT molecular complexity index is 943. The lowest BCUT2D eigenvalue weighted by Gasteiger charge is -2.34. The second-order valence-electron chi connectivity index (χ2n) is 5.78. The summed E-state index contributed by atoms with van der Waals surface area (Å²) in [5, 5.41) is 12.6. The third-order valence-corrected chi connectivity index (χ3v) is 4.01. The predicted molar refractivity (Wildman–Crippen MR) is 77.3 cm³/mol. The van der Waals surface area contributed by atoms with Crippen LogP contribution in [-0.2, 0) is 0 Å². The summed E-state index contributed by atoms with van der Waals surface area (Å²) >= 11 is 0. The van der Waals surface area contributed by atoms with Gasteiger partial charge in [-0.3, -0.25) is 0 Å². The van der Waals surface area contributed by atoms with Gasteiger partial charge in [-0.1, -0.05) is 12.1 Å². The van der Waals surface area contributed by atoms with E-state index in [4.69, 9.17) is 0 Å². The van der Waals surface area contributed by atoms with Crippen molar-refractivity contribution in [2.24, 2.45) is 5.10 Å². The van der Waals surface area contributed by atoms with Crippen LogP contribution in [0.15, 0.2) is 29.4 Å². The average molecular weight is 414 g/mol. The van der Waals surface area contributed by atoms with Gasteiger partial charge in [0.05, 0.1) is 12.1 Å². The molecule has 0 aromatic heterocycles. The molecule has 3 rings (SSSR count). The van der Waals surface area contributed by atoms with Crippen LogP contribution in [0.25, 0.3) is 0 Å². The van der Waals surface area contributed by atoms with Crippen LogP contribution in [-0.4, -0.2) is 22.7 Å². The first-order valence-electron chi connectivity index (χ1n) is 7.32. The molecule has 12 heteroatoms. The topological polar surface area (TPSA) is 35.8 Å². The third kappa shape index (κ3) is 2.87. The second-order valence-corrected chi connectivity index (χ2v) is 5.78. The van der Waals surface area contributed by atoms with E-state index in [0.717, 1.165) is 24.3 Å². The van der Waals surface area contributed by atoms with Crippen molar-refractivity contribution in [1.29, 1.82) is 0 Å². The molecule has 0 bridgehead atoms. The van der Waals surface area contributed by atoms with Crippen molar-refractivity contribution in [3.8, 4) is 0 Å². The van der Waals surface area contributed by atoms with Gasteiger partial charge in [-0.15, -0.1) is 0 Å². The van der Waals surface area contributed by atoms with E-state index in [-0.39, 0.29) is 5.56 Å². The van der Waals surface area contributed by atoms with Gasteiger partial charge >= 0.3 is 6.18 Å². The molecule has 0 fully saturated rings. The van der Waals surface area contributed by atoms with E-state index < -0.39 is 69.6 Å². The van der Waals surface area contributed by atoms with E-state index in [2.05, 4.69) is 5.10 Å². The van der Waals surface area contributed by atoms with Gasteiger partial charge < -0.3 is 5.11 Å². The molecule has 0 saturated carbocycles. The highest BCUT2D eigenvalue weighted by molar-refractivity contribution is 6.03. The maximum Gasteiger partial charge on any atom is 0.438 e. The molecule has 150 valence electrons. The number of rotatable bonds is 2. The molecule has 2 aromatic rings. The minimum Gasteiger partial charge on any atom is -0.362 e. The summed E-state index contributed by atoms with van der Waals surface area (Å²) in [7, 11) is 0. The quantitative estimate of drug-likeness (QED) is 0.450. The Hall–Kier alpha value is -2.76. The van der Waals surface area contributed by atoms with E-state index in [1.165, 1.54) is 0 Å². The van der Waals surface area contributed by atoms with E-state index in [1.807, 2.05) is 0 Å². The van der Waals surface area contributed by atoms with Gasteiger partial charge in [0, 0.05) is 0 Å². The smallest absolute Gasteiger partial charge is 0.362 e. The molecular formula is C16H7F9N2O. The molecule has 0 radical (unpaired) electrons. The molecule has 1 aliphatic heterocycles. The van der Waals surface area contributed by atoms with Crippen molar-refractivity contribution >= 4 is 11.4 Å². The monoisotopic (exact) mass is 414 g/mol. The van der Waals surface area contributed by atoms with Gasteiger partial charge in [0.2, 0.25) is 5.82 Å². The minimum absolute atomic E-state index is 0.171. The summed E-state index contributed by atoms with van der Waals surface area (Å²) in [4.78, 5) is 0. The van der Waals surface area contributed by atoms with Gasteiger partial charge in [0.1, 0.15) is 11.5 Å². The number of halogens is 9. The molecule has 1 unspecified atom stereocenters. The van der Waals surface area contributed by atoms with Crippen molar-refractivity contribution in [3.05, 3.63) is 64.7 Å². The number of hydrogen-bond donors (Lipinski definition) is 1. The normalized spacial score (nSPS) is 19.9. The Morgan fingerprint density at radius 2 is 1.29 bits per heavy atom. The number of benzene rings is 2. The molecule has 3 nitrogen and oxygen atoms in total. The Labute approximate surface area is 150 Å². The molecule has 1 heterocycles. The third-order valence-electron chi connectivity index (χ3n) is 4.01. The van der Waals surface area contributed by atoms with Crippen LogP contribution >= 0.6 is 0 Å². The zero-order chi connectivity index (χ0) is 21.0. The highest BCUT2D eigenvalue weighted by Gasteiger charge is 2.63. The summed E-state index contributed by atoms with van der Waals surface area (Å²) < 4.78 is 121. The maximum atomic E-state index is 14.0. The van der Waals surface area contributed by atoms with Crippen molar-refractivity contribution in [1.82, 2.24) is 0 Å². The summed E-state index contributed by atoms with van der Waals surface area (Å²) in [6.45, 7) is 0. The lowest BCUT2D eigenvalue weighted by atomic mass is 10.0. The lowest BCUT2D eigenvalue weighted by Crippen LogP contribution is -2.55. The molecule has 2 aromatic carbocycles. The largest absolute Gasteiger partial charge is 0.438 e. The van der Waals surface area contributed by atoms with Crippen LogP contribution in [0.5, 0.6) is 0 Å². The summed E-state index contributed by atoms with van der Waals surface area (Å²) in [6.07, 6.45) is -7.03. The standard InChI is InChI=1S/C16H7F9N2O/c17-7-3-1-6(2-4-7)8-5-15(28,16(23,24)25)27(26-8)14-12(21)10(19)9(18)11(20)13(14)22/h1-4,28H,5H2. The number of hydrazone groups is 1. The van der Waals surface area contributed by atoms with Gasteiger partial charge in [-0.25, -0.2) is 31.4 Å². The van der Waals surface area contributed by atoms with Crippen LogP contribution in [0.3, 0.4) is 0 Å². The number of anilines is 1. The first-order valence-corrected chi connectivity index (χ1v) is 7.32. The van der Waals surface area contributed by atoms with Crippen LogP contribution in [0.4, 0.5) is 45.2 Å². The molecule has 1 atom stereocenters. The Balaban J connectivity index is 2.25. The van der Waals surface area contributed by atoms with Gasteiger partial charge in [-0.2, -0.15) is 18.3 Å². The number of hydrogen-bond acceptors (Lipinski definition) is 3. The summed E-state index contributed by atoms with van der Waals surface area (Å²) in [5.74, 6) is -13.6. The molecule has 1 N–H and O–H groups in total. The van der Waals surface area contributed by atoms with Gasteiger partial charge in [0.25, 0.3) is 5.72 Å². The van der Waals surface area contributed by atoms with Crippen LogP contribution in [0.2, 0.25) is 0 Å². The fourth-order valence-corrected chi connectivity index (χ4v) is 2.58. The number of alkyl halides is 3. The highest BCUT2D eigenvalue weighted by atomic mass is 19.4. The first-order chi connectivity index (χ1) is 12.9. The predicted octanol–water partition coefficient (Wildman–Crippen LogP) is 4.39. The SMILES string of the molecule is OC1(C(F)(F)F)CC(c2ccc(F)cc2)=NN1c1c(F)c(F)c(F)c(F)c1F. The lowest BCUT2D eigenvalue weighted by molar-refractivity contribution is -0.254. The number of nitrogens with zero attached hydrogens (tertiary/aromatic N) is 2. The fraction of sp³-hybridized carbons (Fsp3) is 0.188. The van der Waals surface area contributed by atoms with E-state index >= 15 is 0 Å². The van der Waals surface area contributed by atoms with E-state index in [1.54, 1.807) is 0 Å². The molecule has 0 amide bonds. The molecule has 0 saturated heterocycles. The molecular weight excluding hydrogens is 407 g/mol. The van der Waals surface area contributed by atoms with Crippen LogP contribution < -0.4 is 5.01 Å². The van der Waals surface area contributed by atoms with Crippen LogP contribution in [0.1, 0.15) is 12.0 Å². The average Bonchev–Trinajstić information content (AvgIpc) is 2.98. The highest BCUT2D eigenvalue weighted by Crippen LogP contribution is 2.46. The summed E-state index contributed by atoms with van der Waals surface area (Å²) in [5.41, 5.74) is -6.98. The van der Waals surface area contributed by atoms with Crippen molar-refractivity contribution in [2.45, 2.75) is 18.3 Å². The Morgan fingerprint density at radius 1 is 0.821 bits per heavy atom. The van der Waals surface area contributed by atoms with E-state index in [0.29, 0.717) is 0 Å². The number of aliphatic hydroxyl groups is 1. The maximum absolute atomic E-state index is 14.0. The molecule has 0 spiro atoms. The van der Waals surface area contributed by atoms with E-state index in [9.17, 15) is 44.6 Å². The zero-order valence-corrected chi connectivity index (χ0v) is 13.3. The van der Waals surface area contributed by atoms with Gasteiger partial charge in [0.15, 0.2) is 23.3 Å². The second kappa shape index (κ2) is 6.40. The first kappa shape index (κ1) is 20.0.